The molecule has 1 N–H and O–H groups in total. The first-order valence-corrected chi connectivity index (χ1v) is 10.5. The number of thiazole rings is 1. The number of nitrogens with zero attached hydrogens (tertiary/aromatic N) is 2. The van der Waals surface area contributed by atoms with Gasteiger partial charge in [0.15, 0.2) is 6.61 Å². The predicted molar refractivity (Wildman–Crippen MR) is 113 cm³/mol. The molecule has 1 aromatic carbocycles. The Hall–Kier alpha value is -2.45. The molecule has 0 unspecified atom stereocenters. The lowest BCUT2D eigenvalue weighted by atomic mass is 9.82. The molecule has 2 amide bonds. The average molecular weight is 418 g/mol. The van der Waals surface area contributed by atoms with Crippen molar-refractivity contribution in [2.75, 3.05) is 31.8 Å². The molecule has 0 fully saturated rings. The third-order valence-corrected chi connectivity index (χ3v) is 6.07. The summed E-state index contributed by atoms with van der Waals surface area (Å²) in [6, 6.07) is 6.02. The van der Waals surface area contributed by atoms with Crippen LogP contribution in [0, 0.1) is 0 Å². The van der Waals surface area contributed by atoms with Crippen molar-refractivity contribution in [2.45, 2.75) is 39.2 Å². The van der Waals surface area contributed by atoms with Crippen molar-refractivity contribution in [1.82, 2.24) is 10.3 Å². The van der Waals surface area contributed by atoms with Crippen molar-refractivity contribution in [3.63, 3.8) is 0 Å². The lowest BCUT2D eigenvalue weighted by Crippen LogP contribution is -2.38. The number of carbonyl (C=O) groups excluding carboxylic acids is 2. The highest BCUT2D eigenvalue weighted by molar-refractivity contribution is 7.09. The van der Waals surface area contributed by atoms with Crippen LogP contribution in [-0.4, -0.2) is 43.7 Å². The second-order valence-corrected chi connectivity index (χ2v) is 8.51. The van der Waals surface area contributed by atoms with Crippen LogP contribution in [0.25, 0.3) is 0 Å². The van der Waals surface area contributed by atoms with Gasteiger partial charge in [-0.3, -0.25) is 14.5 Å². The summed E-state index contributed by atoms with van der Waals surface area (Å²) in [5.41, 5.74) is 2.25. The monoisotopic (exact) mass is 417 g/mol. The molecule has 1 aromatic heterocycles. The van der Waals surface area contributed by atoms with Gasteiger partial charge in [0.25, 0.3) is 11.8 Å². The summed E-state index contributed by atoms with van der Waals surface area (Å²) >= 11 is 1.36. The predicted octanol–water partition coefficient (Wildman–Crippen LogP) is 3.13. The van der Waals surface area contributed by atoms with E-state index < -0.39 is 0 Å². The molecule has 0 bridgehead atoms. The zero-order valence-electron chi connectivity index (χ0n) is 17.3. The molecule has 7 nitrogen and oxygen atoms in total. The van der Waals surface area contributed by atoms with Crippen molar-refractivity contribution in [2.24, 2.45) is 0 Å². The van der Waals surface area contributed by atoms with Gasteiger partial charge in [-0.25, -0.2) is 4.98 Å². The summed E-state index contributed by atoms with van der Waals surface area (Å²) in [6.07, 6.45) is 0.981. The Balaban J connectivity index is 1.81. The van der Waals surface area contributed by atoms with Crippen LogP contribution in [0.15, 0.2) is 23.6 Å². The fourth-order valence-electron chi connectivity index (χ4n) is 2.98. The van der Waals surface area contributed by atoms with Crippen molar-refractivity contribution in [3.05, 3.63) is 39.8 Å². The van der Waals surface area contributed by atoms with Crippen LogP contribution >= 0.6 is 11.3 Å². The fraction of sp³-hybridized carbons (Fsp3) is 0.476. The number of fused-ring (bicyclic) bond motifs is 1. The van der Waals surface area contributed by atoms with Gasteiger partial charge in [-0.15, -0.1) is 11.3 Å². The Morgan fingerprint density at radius 2 is 2.21 bits per heavy atom. The number of hydrogen-bond acceptors (Lipinski definition) is 6. The van der Waals surface area contributed by atoms with Crippen LogP contribution in [0.1, 0.15) is 48.3 Å². The van der Waals surface area contributed by atoms with Crippen LogP contribution in [0.5, 0.6) is 5.75 Å². The standard InChI is InChI=1S/C21H27N3O4S/c1-5-21(2,3)14-6-7-17-16(10-14)24(19(25)12-28-17)11-18-23-15(13-29-18)20(26)22-8-9-27-4/h6-7,10,13H,5,8-9,11-12H2,1-4H3,(H,22,26). The van der Waals surface area contributed by atoms with E-state index in [0.29, 0.717) is 36.1 Å². The maximum atomic E-state index is 12.6. The normalized spacial score (nSPS) is 13.8. The average Bonchev–Trinajstić information content (AvgIpc) is 3.18. The van der Waals surface area contributed by atoms with Gasteiger partial charge >= 0.3 is 0 Å². The Labute approximate surface area is 175 Å². The summed E-state index contributed by atoms with van der Waals surface area (Å²) < 4.78 is 10.6. The van der Waals surface area contributed by atoms with E-state index in [1.165, 1.54) is 11.3 Å². The van der Waals surface area contributed by atoms with Crippen molar-refractivity contribution in [1.29, 1.82) is 0 Å². The molecule has 1 aliphatic heterocycles. The molecule has 0 atom stereocenters. The molecule has 1 aliphatic rings. The van der Waals surface area contributed by atoms with Crippen LogP contribution in [0.2, 0.25) is 0 Å². The maximum absolute atomic E-state index is 12.6. The summed E-state index contributed by atoms with van der Waals surface area (Å²) in [4.78, 5) is 30.8. The second kappa shape index (κ2) is 8.92. The summed E-state index contributed by atoms with van der Waals surface area (Å²) in [5, 5.41) is 5.16. The van der Waals surface area contributed by atoms with E-state index in [-0.39, 0.29) is 23.8 Å². The van der Waals surface area contributed by atoms with Crippen LogP contribution in [0.3, 0.4) is 0 Å². The van der Waals surface area contributed by atoms with Crippen molar-refractivity contribution < 1.29 is 19.1 Å². The zero-order chi connectivity index (χ0) is 21.0. The van der Waals surface area contributed by atoms with Gasteiger partial charge in [-0.1, -0.05) is 26.8 Å². The van der Waals surface area contributed by atoms with Crippen molar-refractivity contribution in [3.8, 4) is 5.75 Å². The van der Waals surface area contributed by atoms with Gasteiger partial charge in [0.05, 0.1) is 18.8 Å². The molecule has 156 valence electrons. The van der Waals surface area contributed by atoms with E-state index in [2.05, 4.69) is 37.1 Å². The number of benzene rings is 1. The van der Waals surface area contributed by atoms with E-state index in [1.54, 1.807) is 17.4 Å². The SMILES string of the molecule is CCC(C)(C)c1ccc2c(c1)N(Cc1nc(C(=O)NCCOC)cs1)C(=O)CO2. The van der Waals surface area contributed by atoms with Gasteiger partial charge in [-0.2, -0.15) is 0 Å². The highest BCUT2D eigenvalue weighted by Crippen LogP contribution is 2.38. The Morgan fingerprint density at radius 3 is 2.93 bits per heavy atom. The first-order chi connectivity index (χ1) is 13.9. The molecular formula is C21H27N3O4S. The quantitative estimate of drug-likeness (QED) is 0.668. The number of rotatable bonds is 8. The maximum Gasteiger partial charge on any atom is 0.270 e. The number of nitrogens with one attached hydrogen (secondary N) is 1. The lowest BCUT2D eigenvalue weighted by Gasteiger charge is -2.31. The smallest absolute Gasteiger partial charge is 0.270 e. The van der Waals surface area contributed by atoms with Gasteiger partial charge in [0.2, 0.25) is 0 Å². The Morgan fingerprint density at radius 1 is 1.41 bits per heavy atom. The van der Waals surface area contributed by atoms with E-state index in [1.807, 2.05) is 12.1 Å². The molecule has 0 spiro atoms. The number of carbonyl (C=O) groups is 2. The second-order valence-electron chi connectivity index (χ2n) is 7.56. The number of methoxy groups -OCH3 is 1. The molecule has 0 aliphatic carbocycles. The number of hydrogen-bond donors (Lipinski definition) is 1. The largest absolute Gasteiger partial charge is 0.482 e. The lowest BCUT2D eigenvalue weighted by molar-refractivity contribution is -0.121. The van der Waals surface area contributed by atoms with Crippen LogP contribution < -0.4 is 15.0 Å². The van der Waals surface area contributed by atoms with Crippen LogP contribution in [0.4, 0.5) is 5.69 Å². The van der Waals surface area contributed by atoms with Gasteiger partial charge in [-0.05, 0) is 29.5 Å². The van der Waals surface area contributed by atoms with Gasteiger partial charge in [0, 0.05) is 19.0 Å². The Kier molecular flexibility index (Phi) is 6.54. The molecule has 2 aromatic rings. The van der Waals surface area contributed by atoms with Gasteiger partial charge in [0.1, 0.15) is 16.5 Å². The minimum atomic E-state index is -0.245. The molecule has 29 heavy (non-hydrogen) atoms. The highest BCUT2D eigenvalue weighted by Gasteiger charge is 2.29. The number of ether oxygens (including phenoxy) is 2. The third kappa shape index (κ3) is 4.76. The molecule has 3 rings (SSSR count). The first-order valence-electron chi connectivity index (χ1n) is 9.65. The van der Waals surface area contributed by atoms with E-state index in [4.69, 9.17) is 9.47 Å². The molecule has 8 heteroatoms. The minimum absolute atomic E-state index is 0.000741. The molecule has 2 heterocycles. The van der Waals surface area contributed by atoms with Gasteiger partial charge < -0.3 is 14.8 Å². The third-order valence-electron chi connectivity index (χ3n) is 5.24. The number of amides is 2. The molecule has 0 saturated heterocycles. The number of anilines is 1. The van der Waals surface area contributed by atoms with E-state index in [9.17, 15) is 9.59 Å². The Bertz CT molecular complexity index is 894. The topological polar surface area (TPSA) is 80.8 Å². The van der Waals surface area contributed by atoms with E-state index in [0.717, 1.165) is 17.7 Å². The minimum Gasteiger partial charge on any atom is -0.482 e. The van der Waals surface area contributed by atoms with Crippen molar-refractivity contribution >= 4 is 28.8 Å². The highest BCUT2D eigenvalue weighted by atomic mass is 32.1. The summed E-state index contributed by atoms with van der Waals surface area (Å²) in [6.45, 7) is 7.68. The molecular weight excluding hydrogens is 390 g/mol. The molecule has 0 radical (unpaired) electrons. The van der Waals surface area contributed by atoms with E-state index >= 15 is 0 Å². The zero-order valence-corrected chi connectivity index (χ0v) is 18.1. The molecule has 0 saturated carbocycles. The first kappa shape index (κ1) is 21.3. The fourth-order valence-corrected chi connectivity index (χ4v) is 3.74. The number of aromatic nitrogens is 1. The van der Waals surface area contributed by atoms with Crippen LogP contribution in [-0.2, 0) is 21.5 Å². The summed E-state index contributed by atoms with van der Waals surface area (Å²) in [5.74, 6) is 0.324. The summed E-state index contributed by atoms with van der Waals surface area (Å²) in [7, 11) is 1.58.